The quantitative estimate of drug-likeness (QED) is 0.854. The van der Waals surface area contributed by atoms with Crippen LogP contribution in [0.2, 0.25) is 0 Å². The maximum absolute atomic E-state index is 11.9. The van der Waals surface area contributed by atoms with Gasteiger partial charge in [0.1, 0.15) is 0 Å². The highest BCUT2D eigenvalue weighted by molar-refractivity contribution is 8.02. The summed E-state index contributed by atoms with van der Waals surface area (Å²) in [5.41, 5.74) is 2.07. The van der Waals surface area contributed by atoms with Crippen molar-refractivity contribution in [1.82, 2.24) is 10.3 Å². The van der Waals surface area contributed by atoms with Crippen LogP contribution in [0.5, 0.6) is 0 Å². The van der Waals surface area contributed by atoms with Crippen molar-refractivity contribution in [1.29, 1.82) is 0 Å². The number of hydrogen-bond donors (Lipinski definition) is 1. The zero-order valence-corrected chi connectivity index (χ0v) is 13.4. The molecule has 0 bridgehead atoms. The highest BCUT2D eigenvalue weighted by Crippen LogP contribution is 2.30. The number of rotatable bonds is 5. The van der Waals surface area contributed by atoms with Crippen molar-refractivity contribution >= 4 is 29.0 Å². The molecule has 20 heavy (non-hydrogen) atoms. The van der Waals surface area contributed by atoms with Crippen molar-refractivity contribution in [3.63, 3.8) is 0 Å². The first-order chi connectivity index (χ1) is 9.56. The van der Waals surface area contributed by atoms with E-state index in [1.807, 2.05) is 56.5 Å². The summed E-state index contributed by atoms with van der Waals surface area (Å²) in [6.45, 7) is 5.84. The van der Waals surface area contributed by atoms with E-state index in [9.17, 15) is 4.79 Å². The van der Waals surface area contributed by atoms with E-state index in [4.69, 9.17) is 0 Å². The third kappa shape index (κ3) is 4.08. The Hall–Kier alpha value is -1.33. The molecule has 3 nitrogen and oxygen atoms in total. The molecule has 1 N–H and O–H groups in total. The molecule has 0 spiro atoms. The number of thioether (sulfide) groups is 1. The zero-order valence-electron chi connectivity index (χ0n) is 11.8. The summed E-state index contributed by atoms with van der Waals surface area (Å²) in [4.78, 5) is 16.5. The standard InChI is InChI=1S/C15H18N2OS2/c1-10(2)16-14(18)11(3)20-15-17-13(9-19-15)12-7-5-4-6-8-12/h4-11H,1-3H3,(H,16,18)/t11-/m0/s1. The maximum Gasteiger partial charge on any atom is 0.233 e. The Bertz CT molecular complexity index is 566. The van der Waals surface area contributed by atoms with E-state index in [-0.39, 0.29) is 17.2 Å². The molecule has 0 aliphatic carbocycles. The van der Waals surface area contributed by atoms with Crippen molar-refractivity contribution in [3.8, 4) is 11.3 Å². The number of amides is 1. The molecule has 0 saturated carbocycles. The van der Waals surface area contributed by atoms with Crippen LogP contribution in [0.4, 0.5) is 0 Å². The maximum atomic E-state index is 11.9. The fraction of sp³-hybridized carbons (Fsp3) is 0.333. The van der Waals surface area contributed by atoms with Crippen LogP contribution < -0.4 is 5.32 Å². The van der Waals surface area contributed by atoms with Crippen molar-refractivity contribution in [2.24, 2.45) is 0 Å². The van der Waals surface area contributed by atoms with Gasteiger partial charge in [-0.2, -0.15) is 0 Å². The summed E-state index contributed by atoms with van der Waals surface area (Å²) >= 11 is 3.09. The highest BCUT2D eigenvalue weighted by atomic mass is 32.2. The molecule has 1 amide bonds. The van der Waals surface area contributed by atoms with Crippen LogP contribution in [-0.4, -0.2) is 22.2 Å². The van der Waals surface area contributed by atoms with E-state index in [0.717, 1.165) is 15.6 Å². The van der Waals surface area contributed by atoms with E-state index >= 15 is 0 Å². The second-order valence-electron chi connectivity index (χ2n) is 4.79. The third-order valence-electron chi connectivity index (χ3n) is 2.63. The van der Waals surface area contributed by atoms with Crippen LogP contribution >= 0.6 is 23.1 Å². The van der Waals surface area contributed by atoms with Gasteiger partial charge < -0.3 is 5.32 Å². The summed E-state index contributed by atoms with van der Waals surface area (Å²) in [5, 5.41) is 4.82. The lowest BCUT2D eigenvalue weighted by Gasteiger charge is -2.12. The monoisotopic (exact) mass is 306 g/mol. The van der Waals surface area contributed by atoms with E-state index in [1.165, 1.54) is 11.8 Å². The van der Waals surface area contributed by atoms with Crippen molar-refractivity contribution in [2.75, 3.05) is 0 Å². The second kappa shape index (κ2) is 6.90. The molecule has 0 radical (unpaired) electrons. The molecular formula is C15H18N2OS2. The molecular weight excluding hydrogens is 288 g/mol. The van der Waals surface area contributed by atoms with Crippen molar-refractivity contribution in [3.05, 3.63) is 35.7 Å². The Balaban J connectivity index is 2.01. The molecule has 1 heterocycles. The van der Waals surface area contributed by atoms with Gasteiger partial charge in [-0.25, -0.2) is 4.98 Å². The average molecular weight is 306 g/mol. The Labute approximate surface area is 127 Å². The second-order valence-corrected chi connectivity index (χ2v) is 7.23. The number of benzene rings is 1. The van der Waals surface area contributed by atoms with Gasteiger partial charge >= 0.3 is 0 Å². The number of aromatic nitrogens is 1. The number of nitrogens with zero attached hydrogens (tertiary/aromatic N) is 1. The lowest BCUT2D eigenvalue weighted by atomic mass is 10.2. The van der Waals surface area contributed by atoms with Gasteiger partial charge in [-0.05, 0) is 20.8 Å². The summed E-state index contributed by atoms with van der Waals surface area (Å²) in [7, 11) is 0. The fourth-order valence-corrected chi connectivity index (χ4v) is 3.64. The summed E-state index contributed by atoms with van der Waals surface area (Å²) in [6.07, 6.45) is 0. The van der Waals surface area contributed by atoms with Crippen LogP contribution in [0.15, 0.2) is 40.1 Å². The third-order valence-corrected chi connectivity index (χ3v) is 4.70. The van der Waals surface area contributed by atoms with Crippen LogP contribution in [0.25, 0.3) is 11.3 Å². The highest BCUT2D eigenvalue weighted by Gasteiger charge is 2.17. The smallest absolute Gasteiger partial charge is 0.233 e. The molecule has 5 heteroatoms. The van der Waals surface area contributed by atoms with Gasteiger partial charge in [0.2, 0.25) is 5.91 Å². The first-order valence-electron chi connectivity index (χ1n) is 6.54. The van der Waals surface area contributed by atoms with E-state index in [0.29, 0.717) is 0 Å². The predicted octanol–water partition coefficient (Wildman–Crippen LogP) is 3.82. The molecule has 2 rings (SSSR count). The minimum Gasteiger partial charge on any atom is -0.353 e. The number of hydrogen-bond acceptors (Lipinski definition) is 4. The predicted molar refractivity (Wildman–Crippen MR) is 86.1 cm³/mol. The molecule has 0 aliphatic rings. The minimum atomic E-state index is -0.132. The molecule has 1 atom stereocenters. The van der Waals surface area contributed by atoms with Gasteiger partial charge in [0.05, 0.1) is 10.9 Å². The molecule has 0 saturated heterocycles. The Kier molecular flexibility index (Phi) is 5.20. The number of nitrogens with one attached hydrogen (secondary N) is 1. The largest absolute Gasteiger partial charge is 0.353 e. The van der Waals surface area contributed by atoms with Crippen LogP contribution in [0.1, 0.15) is 20.8 Å². The van der Waals surface area contributed by atoms with Crippen molar-refractivity contribution in [2.45, 2.75) is 36.4 Å². The molecule has 0 fully saturated rings. The summed E-state index contributed by atoms with van der Waals surface area (Å²) in [6, 6.07) is 10.2. The number of thiazole rings is 1. The number of carbonyl (C=O) groups excluding carboxylic acids is 1. The van der Waals surface area contributed by atoms with Gasteiger partial charge in [0.15, 0.2) is 4.34 Å². The van der Waals surface area contributed by atoms with E-state index < -0.39 is 0 Å². The molecule has 1 aromatic heterocycles. The Morgan fingerprint density at radius 2 is 1.95 bits per heavy atom. The lowest BCUT2D eigenvalue weighted by molar-refractivity contribution is -0.120. The molecule has 1 aromatic carbocycles. The Morgan fingerprint density at radius 1 is 1.25 bits per heavy atom. The van der Waals surface area contributed by atoms with Gasteiger partial charge in [-0.1, -0.05) is 42.1 Å². The van der Waals surface area contributed by atoms with E-state index in [1.54, 1.807) is 11.3 Å². The molecule has 0 aliphatic heterocycles. The van der Waals surface area contributed by atoms with Crippen LogP contribution in [0.3, 0.4) is 0 Å². The zero-order chi connectivity index (χ0) is 14.5. The van der Waals surface area contributed by atoms with Gasteiger partial charge in [0, 0.05) is 17.0 Å². The fourth-order valence-electron chi connectivity index (χ4n) is 1.66. The number of carbonyl (C=O) groups is 1. The van der Waals surface area contributed by atoms with Crippen molar-refractivity contribution < 1.29 is 4.79 Å². The lowest BCUT2D eigenvalue weighted by Crippen LogP contribution is -2.35. The van der Waals surface area contributed by atoms with Crippen LogP contribution in [-0.2, 0) is 4.79 Å². The van der Waals surface area contributed by atoms with E-state index in [2.05, 4.69) is 10.3 Å². The van der Waals surface area contributed by atoms with Gasteiger partial charge in [0.25, 0.3) is 0 Å². The average Bonchev–Trinajstić information content (AvgIpc) is 2.87. The van der Waals surface area contributed by atoms with Crippen LogP contribution in [0, 0.1) is 0 Å². The summed E-state index contributed by atoms with van der Waals surface area (Å²) in [5.74, 6) is 0.0569. The first-order valence-corrected chi connectivity index (χ1v) is 8.30. The molecule has 2 aromatic rings. The normalized spacial score (nSPS) is 12.4. The topological polar surface area (TPSA) is 42.0 Å². The van der Waals surface area contributed by atoms with Gasteiger partial charge in [-0.15, -0.1) is 11.3 Å². The minimum absolute atomic E-state index is 0.0569. The molecule has 106 valence electrons. The first kappa shape index (κ1) is 15.1. The molecule has 0 unspecified atom stereocenters. The summed E-state index contributed by atoms with van der Waals surface area (Å²) < 4.78 is 0.926. The van der Waals surface area contributed by atoms with Gasteiger partial charge in [-0.3, -0.25) is 4.79 Å². The SMILES string of the molecule is CC(C)NC(=O)[C@H](C)Sc1nc(-c2ccccc2)cs1. The Morgan fingerprint density at radius 3 is 2.60 bits per heavy atom.